The van der Waals surface area contributed by atoms with Crippen molar-refractivity contribution >= 4 is 16.8 Å². The molecule has 3 fully saturated rings. The van der Waals surface area contributed by atoms with Crippen LogP contribution < -0.4 is 5.43 Å². The Kier molecular flexibility index (Phi) is 4.34. The smallest absolute Gasteiger partial charge is 0.259 e. The molecule has 0 unspecified atom stereocenters. The number of pyridine rings is 1. The molecule has 0 saturated carbocycles. The van der Waals surface area contributed by atoms with Crippen LogP contribution in [0.3, 0.4) is 0 Å². The summed E-state index contributed by atoms with van der Waals surface area (Å²) in [4.78, 5) is 34.6. The van der Waals surface area contributed by atoms with Crippen LogP contribution in [0.4, 0.5) is 0 Å². The maximum absolute atomic E-state index is 13.6. The van der Waals surface area contributed by atoms with E-state index in [2.05, 4.69) is 16.0 Å². The fraction of sp³-hybridized carbons (Fsp3) is 0.520. The highest BCUT2D eigenvalue weighted by atomic mass is 16.2. The number of carbonyl (C=O) groups excluding carboxylic acids is 1. The van der Waals surface area contributed by atoms with Gasteiger partial charge in [0.15, 0.2) is 0 Å². The second-order valence-electron chi connectivity index (χ2n) is 9.58. The number of amides is 1. The van der Waals surface area contributed by atoms with Gasteiger partial charge in [-0.25, -0.2) is 0 Å². The number of H-pyrrole nitrogens is 1. The fourth-order valence-corrected chi connectivity index (χ4v) is 6.68. The second kappa shape index (κ2) is 7.09. The predicted octanol–water partition coefficient (Wildman–Crippen LogP) is 3.56. The van der Waals surface area contributed by atoms with Gasteiger partial charge in [-0.1, -0.05) is 30.2 Å². The molecule has 2 bridgehead atoms. The van der Waals surface area contributed by atoms with Crippen LogP contribution in [0.5, 0.6) is 0 Å². The van der Waals surface area contributed by atoms with Gasteiger partial charge in [0.25, 0.3) is 5.91 Å². The van der Waals surface area contributed by atoms with Gasteiger partial charge in [0.2, 0.25) is 5.43 Å². The van der Waals surface area contributed by atoms with Crippen molar-refractivity contribution < 1.29 is 4.79 Å². The maximum atomic E-state index is 13.6. The number of hydrogen-bond donors (Lipinski definition) is 1. The largest absolute Gasteiger partial charge is 0.360 e. The van der Waals surface area contributed by atoms with Crippen molar-refractivity contribution in [3.8, 4) is 0 Å². The van der Waals surface area contributed by atoms with Crippen LogP contribution in [0.25, 0.3) is 10.9 Å². The van der Waals surface area contributed by atoms with E-state index in [1.54, 1.807) is 12.3 Å². The second-order valence-corrected chi connectivity index (χ2v) is 9.58. The van der Waals surface area contributed by atoms with E-state index >= 15 is 0 Å². The molecule has 3 saturated heterocycles. The molecule has 156 valence electrons. The highest BCUT2D eigenvalue weighted by Gasteiger charge is 2.47. The molecule has 1 aromatic carbocycles. The molecule has 5 nitrogen and oxygen atoms in total. The molecule has 1 amide bonds. The minimum atomic E-state index is -0.154. The van der Waals surface area contributed by atoms with Crippen molar-refractivity contribution in [3.63, 3.8) is 0 Å². The zero-order valence-electron chi connectivity index (χ0n) is 17.3. The lowest BCUT2D eigenvalue weighted by Gasteiger charge is -2.54. The van der Waals surface area contributed by atoms with E-state index in [1.165, 1.54) is 37.8 Å². The normalized spacial score (nSPS) is 31.1. The monoisotopic (exact) mass is 403 g/mol. The lowest BCUT2D eigenvalue weighted by Crippen LogP contribution is -2.60. The summed E-state index contributed by atoms with van der Waals surface area (Å²) >= 11 is 0. The van der Waals surface area contributed by atoms with Gasteiger partial charge in [0, 0.05) is 36.2 Å². The van der Waals surface area contributed by atoms with Gasteiger partial charge in [-0.3, -0.25) is 14.5 Å². The zero-order valence-corrected chi connectivity index (χ0v) is 17.3. The van der Waals surface area contributed by atoms with Crippen LogP contribution in [-0.4, -0.2) is 52.4 Å². The standard InChI is InChI=1S/C25H29N3O2/c29-24-19-7-1-2-8-21(19)26-14-20(24)25(30)28-11-5-6-16-12-17-13-18(23(16)28)15-27-10-4-3-9-22(17)27/h1-2,7-8,12,14,17-18,22-23H,3-6,9-11,13,15H2,(H,26,29)/t17-,18-,22+,23+/m0/s1. The van der Waals surface area contributed by atoms with E-state index in [-0.39, 0.29) is 22.9 Å². The summed E-state index contributed by atoms with van der Waals surface area (Å²) in [5.41, 5.74) is 2.36. The summed E-state index contributed by atoms with van der Waals surface area (Å²) in [6.45, 7) is 3.05. The lowest BCUT2D eigenvalue weighted by molar-refractivity contribution is 0.00143. The zero-order chi connectivity index (χ0) is 20.2. The van der Waals surface area contributed by atoms with Gasteiger partial charge >= 0.3 is 0 Å². The van der Waals surface area contributed by atoms with E-state index in [0.717, 1.165) is 31.4 Å². The number of rotatable bonds is 1. The van der Waals surface area contributed by atoms with E-state index in [1.807, 2.05) is 23.1 Å². The van der Waals surface area contributed by atoms with Crippen LogP contribution in [-0.2, 0) is 0 Å². The molecule has 1 N–H and O–H groups in total. The number of piperidine rings is 3. The Balaban J connectivity index is 1.36. The molecule has 1 aliphatic carbocycles. The molecule has 4 aliphatic rings. The van der Waals surface area contributed by atoms with Gasteiger partial charge < -0.3 is 9.88 Å². The third kappa shape index (κ3) is 2.78. The SMILES string of the molecule is O=C(c1c[nH]c2ccccc2c1=O)N1CCCC2=C[C@H]3C[C@@H](CN4CCCC[C@H]34)[C@@H]21. The number of carbonyl (C=O) groups is 1. The Hall–Kier alpha value is -2.40. The van der Waals surface area contributed by atoms with E-state index in [0.29, 0.717) is 23.3 Å². The summed E-state index contributed by atoms with van der Waals surface area (Å²) in [6, 6.07) is 8.30. The van der Waals surface area contributed by atoms with Crippen molar-refractivity contribution in [1.29, 1.82) is 0 Å². The first-order chi connectivity index (χ1) is 14.7. The van der Waals surface area contributed by atoms with Crippen LogP contribution in [0, 0.1) is 11.8 Å². The van der Waals surface area contributed by atoms with E-state index < -0.39 is 0 Å². The fourth-order valence-electron chi connectivity index (χ4n) is 6.68. The highest BCUT2D eigenvalue weighted by Crippen LogP contribution is 2.45. The average molecular weight is 404 g/mol. The Bertz CT molecular complexity index is 1090. The topological polar surface area (TPSA) is 56.4 Å². The molecule has 30 heavy (non-hydrogen) atoms. The van der Waals surface area contributed by atoms with Crippen LogP contribution in [0.2, 0.25) is 0 Å². The average Bonchev–Trinajstić information content (AvgIpc) is 2.79. The third-order valence-electron chi connectivity index (χ3n) is 7.94. The molecule has 3 aliphatic heterocycles. The number of aromatic nitrogens is 1. The number of benzene rings is 1. The van der Waals surface area contributed by atoms with Gasteiger partial charge in [0.1, 0.15) is 5.56 Å². The molecular weight excluding hydrogens is 374 g/mol. The minimum Gasteiger partial charge on any atom is -0.360 e. The van der Waals surface area contributed by atoms with Gasteiger partial charge in [-0.05, 0) is 62.6 Å². The van der Waals surface area contributed by atoms with Crippen LogP contribution in [0.15, 0.2) is 46.9 Å². The summed E-state index contributed by atoms with van der Waals surface area (Å²) in [6.07, 6.45) is 11.4. The summed E-state index contributed by atoms with van der Waals surface area (Å²) in [5, 5.41) is 0.591. The molecule has 1 aromatic heterocycles. The van der Waals surface area contributed by atoms with Crippen molar-refractivity contribution in [3.05, 3.63) is 57.9 Å². The Morgan fingerprint density at radius 1 is 1.10 bits per heavy atom. The molecule has 4 atom stereocenters. The lowest BCUT2D eigenvalue weighted by atomic mass is 9.68. The van der Waals surface area contributed by atoms with Crippen molar-refractivity contribution in [2.24, 2.45) is 11.8 Å². The van der Waals surface area contributed by atoms with Gasteiger partial charge in [0.05, 0.1) is 6.04 Å². The first-order valence-corrected chi connectivity index (χ1v) is 11.6. The Labute approximate surface area is 176 Å². The van der Waals surface area contributed by atoms with Crippen LogP contribution in [0.1, 0.15) is 48.9 Å². The maximum Gasteiger partial charge on any atom is 0.259 e. The molecule has 0 spiro atoms. The highest BCUT2D eigenvalue weighted by molar-refractivity contribution is 5.97. The quantitative estimate of drug-likeness (QED) is 0.741. The van der Waals surface area contributed by atoms with Crippen molar-refractivity contribution in [2.45, 2.75) is 50.6 Å². The van der Waals surface area contributed by atoms with Crippen molar-refractivity contribution in [1.82, 2.24) is 14.8 Å². The predicted molar refractivity (Wildman–Crippen MR) is 118 cm³/mol. The van der Waals surface area contributed by atoms with Crippen molar-refractivity contribution in [2.75, 3.05) is 19.6 Å². The van der Waals surface area contributed by atoms with E-state index in [9.17, 15) is 9.59 Å². The minimum absolute atomic E-state index is 0.100. The first-order valence-electron chi connectivity index (χ1n) is 11.6. The van der Waals surface area contributed by atoms with Gasteiger partial charge in [-0.2, -0.15) is 0 Å². The summed E-state index contributed by atoms with van der Waals surface area (Å²) in [7, 11) is 0. The Morgan fingerprint density at radius 3 is 2.93 bits per heavy atom. The number of aromatic amines is 1. The molecule has 5 heteroatoms. The van der Waals surface area contributed by atoms with Crippen LogP contribution >= 0.6 is 0 Å². The van der Waals surface area contributed by atoms with Gasteiger partial charge in [-0.15, -0.1) is 0 Å². The third-order valence-corrected chi connectivity index (χ3v) is 7.94. The molecule has 2 aromatic rings. The molecule has 0 radical (unpaired) electrons. The first kappa shape index (κ1) is 18.4. The number of nitrogens with zero attached hydrogens (tertiary/aromatic N) is 2. The number of hydrogen-bond acceptors (Lipinski definition) is 3. The number of likely N-dealkylation sites (tertiary alicyclic amines) is 1. The summed E-state index contributed by atoms with van der Waals surface area (Å²) in [5.74, 6) is 1.04. The molecule has 4 heterocycles. The molecule has 6 rings (SSSR count). The number of nitrogens with one attached hydrogen (secondary N) is 1. The Morgan fingerprint density at radius 2 is 2.00 bits per heavy atom. The molecular formula is C25H29N3O2. The number of fused-ring (bicyclic) bond motifs is 7. The van der Waals surface area contributed by atoms with E-state index in [4.69, 9.17) is 0 Å². The number of para-hydroxylation sites is 1. The summed E-state index contributed by atoms with van der Waals surface area (Å²) < 4.78 is 0.